The highest BCUT2D eigenvalue weighted by molar-refractivity contribution is 5.78. The Balaban J connectivity index is 2.36. The molecule has 1 aromatic carbocycles. The predicted molar refractivity (Wildman–Crippen MR) is 97.0 cm³/mol. The second kappa shape index (κ2) is 7.00. The Morgan fingerprint density at radius 1 is 0.913 bits per heavy atom. The van der Waals surface area contributed by atoms with Crippen LogP contribution in [0.3, 0.4) is 0 Å². The minimum Gasteiger partial charge on any atom is -0.497 e. The van der Waals surface area contributed by atoms with Gasteiger partial charge in [0.15, 0.2) is 17.5 Å². The van der Waals surface area contributed by atoms with Crippen molar-refractivity contribution in [2.24, 2.45) is 0 Å². The molecule has 0 amide bonds. The summed E-state index contributed by atoms with van der Waals surface area (Å²) in [7, 11) is 9.30. The van der Waals surface area contributed by atoms with Crippen molar-refractivity contribution in [3.63, 3.8) is 0 Å². The normalized spacial score (nSPS) is 10.8. The average Bonchev–Trinajstić information content (AvgIpc) is 2.53. The molecule has 0 spiro atoms. The maximum absolute atomic E-state index is 6.15. The molecule has 0 unspecified atom stereocenters. The molecule has 1 heterocycles. The summed E-state index contributed by atoms with van der Waals surface area (Å²) in [6, 6.07) is 7.79. The molecule has 2 N–H and O–H groups in total. The molecule has 0 aliphatic heterocycles. The lowest BCUT2D eigenvalue weighted by molar-refractivity contribution is 0.415. The first-order valence-corrected chi connectivity index (χ1v) is 7.26. The molecule has 23 heavy (non-hydrogen) atoms. The first-order chi connectivity index (χ1) is 10.9. The van der Waals surface area contributed by atoms with Crippen molar-refractivity contribution in [3.05, 3.63) is 35.7 Å². The molecule has 0 aliphatic rings. The van der Waals surface area contributed by atoms with Crippen molar-refractivity contribution in [3.8, 4) is 5.75 Å². The molecule has 0 aliphatic carbocycles. The summed E-state index contributed by atoms with van der Waals surface area (Å²) in [5.74, 6) is 2.86. The summed E-state index contributed by atoms with van der Waals surface area (Å²) in [4.78, 5) is 12.8. The van der Waals surface area contributed by atoms with E-state index in [2.05, 4.69) is 9.97 Å². The Labute approximate surface area is 137 Å². The SMILES string of the molecule is COc1ccc(/C=C/c2nc(N(C)C)c(N)c(N(C)C)n2)cc1. The third-order valence-corrected chi connectivity index (χ3v) is 3.31. The zero-order valence-corrected chi connectivity index (χ0v) is 14.2. The van der Waals surface area contributed by atoms with Crippen molar-refractivity contribution >= 4 is 29.5 Å². The number of hydrogen-bond acceptors (Lipinski definition) is 6. The second-order valence-corrected chi connectivity index (χ2v) is 5.54. The van der Waals surface area contributed by atoms with Gasteiger partial charge in [-0.05, 0) is 23.8 Å². The number of nitrogens with zero attached hydrogens (tertiary/aromatic N) is 4. The predicted octanol–water partition coefficient (Wildman–Crippen LogP) is 2.37. The largest absolute Gasteiger partial charge is 0.497 e. The molecule has 0 atom stereocenters. The van der Waals surface area contributed by atoms with Crippen LogP contribution in [0.4, 0.5) is 17.3 Å². The van der Waals surface area contributed by atoms with E-state index in [9.17, 15) is 0 Å². The smallest absolute Gasteiger partial charge is 0.157 e. The molecular weight excluding hydrogens is 290 g/mol. The van der Waals surface area contributed by atoms with Crippen molar-refractivity contribution < 1.29 is 4.74 Å². The van der Waals surface area contributed by atoms with Gasteiger partial charge in [0.05, 0.1) is 7.11 Å². The van der Waals surface area contributed by atoms with Crippen molar-refractivity contribution in [1.29, 1.82) is 0 Å². The Bertz CT molecular complexity index is 664. The topological polar surface area (TPSA) is 67.5 Å². The molecule has 0 saturated carbocycles. The van der Waals surface area contributed by atoms with Crippen LogP contribution in [0.1, 0.15) is 11.4 Å². The van der Waals surface area contributed by atoms with Gasteiger partial charge in [-0.25, -0.2) is 9.97 Å². The third-order valence-electron chi connectivity index (χ3n) is 3.31. The summed E-state index contributed by atoms with van der Waals surface area (Å²) >= 11 is 0. The van der Waals surface area contributed by atoms with Gasteiger partial charge in [-0.2, -0.15) is 0 Å². The molecule has 0 radical (unpaired) electrons. The Morgan fingerprint density at radius 3 is 1.87 bits per heavy atom. The molecular formula is C17H23N5O. The highest BCUT2D eigenvalue weighted by atomic mass is 16.5. The number of benzene rings is 1. The Hall–Kier alpha value is -2.76. The van der Waals surface area contributed by atoms with E-state index in [4.69, 9.17) is 10.5 Å². The second-order valence-electron chi connectivity index (χ2n) is 5.54. The number of nitrogen functional groups attached to an aromatic ring is 1. The van der Waals surface area contributed by atoms with Crippen molar-refractivity contribution in [1.82, 2.24) is 9.97 Å². The fraction of sp³-hybridized carbons (Fsp3) is 0.294. The molecule has 0 saturated heterocycles. The minimum atomic E-state index is 0.571. The van der Waals surface area contributed by atoms with Crippen LogP contribution < -0.4 is 20.3 Å². The van der Waals surface area contributed by atoms with Gasteiger partial charge in [-0.3, -0.25) is 0 Å². The molecule has 2 rings (SSSR count). The molecule has 6 heteroatoms. The number of nitrogens with two attached hydrogens (primary N) is 1. The first kappa shape index (κ1) is 16.6. The fourth-order valence-electron chi connectivity index (χ4n) is 2.10. The number of aromatic nitrogens is 2. The number of methoxy groups -OCH3 is 1. The van der Waals surface area contributed by atoms with Gasteiger partial charge in [0.25, 0.3) is 0 Å². The quantitative estimate of drug-likeness (QED) is 0.914. The summed E-state index contributed by atoms with van der Waals surface area (Å²) in [5.41, 5.74) is 7.76. The number of ether oxygens (including phenoxy) is 1. The van der Waals surface area contributed by atoms with E-state index in [0.29, 0.717) is 23.1 Å². The van der Waals surface area contributed by atoms with Crippen molar-refractivity contribution in [2.45, 2.75) is 0 Å². The highest BCUT2D eigenvalue weighted by Crippen LogP contribution is 2.28. The van der Waals surface area contributed by atoms with E-state index in [-0.39, 0.29) is 0 Å². The molecule has 122 valence electrons. The van der Waals surface area contributed by atoms with Gasteiger partial charge in [-0.15, -0.1) is 0 Å². The van der Waals surface area contributed by atoms with Crippen LogP contribution in [0.15, 0.2) is 24.3 Å². The summed E-state index contributed by atoms with van der Waals surface area (Å²) in [6.07, 6.45) is 3.84. The van der Waals surface area contributed by atoms with Gasteiger partial charge < -0.3 is 20.3 Å². The molecule has 0 fully saturated rings. The molecule has 6 nitrogen and oxygen atoms in total. The van der Waals surface area contributed by atoms with E-state index in [1.807, 2.05) is 74.4 Å². The maximum Gasteiger partial charge on any atom is 0.157 e. The van der Waals surface area contributed by atoms with Crippen LogP contribution in [0.25, 0.3) is 12.2 Å². The van der Waals surface area contributed by atoms with E-state index >= 15 is 0 Å². The summed E-state index contributed by atoms with van der Waals surface area (Å²) < 4.78 is 5.16. The molecule has 2 aromatic rings. The number of hydrogen-bond donors (Lipinski definition) is 1. The lowest BCUT2D eigenvalue weighted by atomic mass is 10.2. The maximum atomic E-state index is 6.15. The van der Waals surface area contributed by atoms with Crippen LogP contribution in [-0.2, 0) is 0 Å². The zero-order valence-electron chi connectivity index (χ0n) is 14.2. The van der Waals surface area contributed by atoms with Crippen LogP contribution in [0.2, 0.25) is 0 Å². The third kappa shape index (κ3) is 3.91. The molecule has 1 aromatic heterocycles. The van der Waals surface area contributed by atoms with Gasteiger partial charge in [0.2, 0.25) is 0 Å². The Kier molecular flexibility index (Phi) is 5.05. The van der Waals surface area contributed by atoms with Crippen LogP contribution in [0, 0.1) is 0 Å². The van der Waals surface area contributed by atoms with Gasteiger partial charge in [0.1, 0.15) is 11.4 Å². The van der Waals surface area contributed by atoms with Crippen LogP contribution in [0.5, 0.6) is 5.75 Å². The first-order valence-electron chi connectivity index (χ1n) is 7.26. The van der Waals surface area contributed by atoms with Gasteiger partial charge >= 0.3 is 0 Å². The monoisotopic (exact) mass is 313 g/mol. The van der Waals surface area contributed by atoms with E-state index in [0.717, 1.165) is 11.3 Å². The minimum absolute atomic E-state index is 0.571. The number of anilines is 3. The zero-order chi connectivity index (χ0) is 17.0. The average molecular weight is 313 g/mol. The standard InChI is InChI=1S/C17H23N5O/c1-21(2)16-15(18)17(22(3)4)20-14(19-16)11-8-12-6-9-13(23-5)10-7-12/h6-11H,18H2,1-5H3/b11-8+. The van der Waals surface area contributed by atoms with E-state index in [1.165, 1.54) is 0 Å². The van der Waals surface area contributed by atoms with Crippen molar-refractivity contribution in [2.75, 3.05) is 50.8 Å². The van der Waals surface area contributed by atoms with E-state index in [1.54, 1.807) is 7.11 Å². The van der Waals surface area contributed by atoms with Gasteiger partial charge in [0, 0.05) is 28.2 Å². The summed E-state index contributed by atoms with van der Waals surface area (Å²) in [5, 5.41) is 0. The van der Waals surface area contributed by atoms with Gasteiger partial charge in [-0.1, -0.05) is 18.2 Å². The van der Waals surface area contributed by atoms with Crippen LogP contribution in [-0.4, -0.2) is 45.3 Å². The van der Waals surface area contributed by atoms with Crippen LogP contribution >= 0.6 is 0 Å². The van der Waals surface area contributed by atoms with E-state index < -0.39 is 0 Å². The molecule has 0 bridgehead atoms. The number of rotatable bonds is 5. The lowest BCUT2D eigenvalue weighted by Gasteiger charge is -2.20. The lowest BCUT2D eigenvalue weighted by Crippen LogP contribution is -2.19. The highest BCUT2D eigenvalue weighted by Gasteiger charge is 2.13. The summed E-state index contributed by atoms with van der Waals surface area (Å²) in [6.45, 7) is 0. The fourth-order valence-corrected chi connectivity index (χ4v) is 2.10. The Morgan fingerprint density at radius 2 is 1.43 bits per heavy atom.